The summed E-state index contributed by atoms with van der Waals surface area (Å²) in [6, 6.07) is 5.43. The van der Waals surface area contributed by atoms with Gasteiger partial charge in [-0.15, -0.1) is 0 Å². The number of nitrogens with zero attached hydrogens (tertiary/aromatic N) is 1. The minimum atomic E-state index is -0.828. The number of amidine groups is 1. The Morgan fingerprint density at radius 2 is 2.05 bits per heavy atom. The highest BCUT2D eigenvalue weighted by molar-refractivity contribution is 9.10. The summed E-state index contributed by atoms with van der Waals surface area (Å²) >= 11 is 3.36. The fourth-order valence-corrected chi connectivity index (χ4v) is 2.59. The Morgan fingerprint density at radius 1 is 1.45 bits per heavy atom. The number of nitrogens with one attached hydrogen (secondary N) is 1. The summed E-state index contributed by atoms with van der Waals surface area (Å²) in [6.45, 7) is 5.63. The Hall–Kier alpha value is -1.56. The molecule has 1 amide bonds. The second-order valence-electron chi connectivity index (χ2n) is 4.69. The van der Waals surface area contributed by atoms with Gasteiger partial charge in [-0.1, -0.05) is 34.9 Å². The number of nitrogens with two attached hydrogens (primary N) is 1. The molecule has 20 heavy (non-hydrogen) atoms. The van der Waals surface area contributed by atoms with E-state index in [2.05, 4.69) is 26.4 Å². The second-order valence-corrected chi connectivity index (χ2v) is 5.60. The molecule has 0 radical (unpaired) electrons. The van der Waals surface area contributed by atoms with Gasteiger partial charge < -0.3 is 16.3 Å². The van der Waals surface area contributed by atoms with Crippen LogP contribution in [-0.2, 0) is 0 Å². The van der Waals surface area contributed by atoms with Gasteiger partial charge in [-0.25, -0.2) is 0 Å². The molecule has 1 rings (SSSR count). The fourth-order valence-electron chi connectivity index (χ4n) is 2.12. The Labute approximate surface area is 127 Å². The van der Waals surface area contributed by atoms with Crippen molar-refractivity contribution in [3.8, 4) is 0 Å². The lowest BCUT2D eigenvalue weighted by atomic mass is 9.90. The van der Waals surface area contributed by atoms with Crippen LogP contribution in [0.3, 0.4) is 0 Å². The van der Waals surface area contributed by atoms with Crippen molar-refractivity contribution in [1.29, 1.82) is 0 Å². The first-order valence-electron chi connectivity index (χ1n) is 6.46. The SMILES string of the molecule is CCC(CC)(NC(=O)c1ccc(Br)cc1C)/C(N)=N/O. The fraction of sp³-hybridized carbons (Fsp3) is 0.429. The van der Waals surface area contributed by atoms with Gasteiger partial charge in [0, 0.05) is 10.0 Å². The summed E-state index contributed by atoms with van der Waals surface area (Å²) in [6.07, 6.45) is 1.08. The first-order chi connectivity index (χ1) is 9.40. The monoisotopic (exact) mass is 341 g/mol. The van der Waals surface area contributed by atoms with E-state index >= 15 is 0 Å². The van der Waals surface area contributed by atoms with Gasteiger partial charge in [-0.05, 0) is 43.5 Å². The van der Waals surface area contributed by atoms with Crippen molar-refractivity contribution in [3.63, 3.8) is 0 Å². The van der Waals surface area contributed by atoms with Gasteiger partial charge >= 0.3 is 0 Å². The predicted octanol–water partition coefficient (Wildman–Crippen LogP) is 2.79. The molecule has 1 aromatic carbocycles. The molecule has 0 fully saturated rings. The number of hydrogen-bond donors (Lipinski definition) is 3. The third kappa shape index (κ3) is 3.30. The number of hydrogen-bond acceptors (Lipinski definition) is 3. The maximum absolute atomic E-state index is 12.4. The van der Waals surface area contributed by atoms with E-state index in [1.807, 2.05) is 32.9 Å². The molecule has 0 aliphatic heterocycles. The number of oxime groups is 1. The minimum absolute atomic E-state index is 0.0191. The van der Waals surface area contributed by atoms with Crippen molar-refractivity contribution in [2.45, 2.75) is 39.2 Å². The largest absolute Gasteiger partial charge is 0.409 e. The molecule has 0 aromatic heterocycles. The van der Waals surface area contributed by atoms with Crippen molar-refractivity contribution in [1.82, 2.24) is 5.32 Å². The van der Waals surface area contributed by atoms with E-state index < -0.39 is 5.54 Å². The summed E-state index contributed by atoms with van der Waals surface area (Å²) in [4.78, 5) is 12.4. The molecular formula is C14H20BrN3O2. The first-order valence-corrected chi connectivity index (χ1v) is 7.26. The van der Waals surface area contributed by atoms with Crippen LogP contribution in [0.15, 0.2) is 27.8 Å². The van der Waals surface area contributed by atoms with Gasteiger partial charge in [-0.2, -0.15) is 0 Å². The average molecular weight is 342 g/mol. The van der Waals surface area contributed by atoms with Crippen LogP contribution in [0.4, 0.5) is 0 Å². The summed E-state index contributed by atoms with van der Waals surface area (Å²) in [5, 5.41) is 14.9. The van der Waals surface area contributed by atoms with Gasteiger partial charge in [0.15, 0.2) is 5.84 Å². The number of aryl methyl sites for hydroxylation is 1. The van der Waals surface area contributed by atoms with E-state index in [4.69, 9.17) is 10.9 Å². The van der Waals surface area contributed by atoms with E-state index in [0.29, 0.717) is 18.4 Å². The minimum Gasteiger partial charge on any atom is -0.409 e. The van der Waals surface area contributed by atoms with Crippen molar-refractivity contribution in [2.24, 2.45) is 10.9 Å². The summed E-state index contributed by atoms with van der Waals surface area (Å²) in [5.41, 5.74) is 6.34. The molecule has 0 saturated heterocycles. The quantitative estimate of drug-likeness (QED) is 0.333. The average Bonchev–Trinajstić information content (AvgIpc) is 2.43. The van der Waals surface area contributed by atoms with Crippen molar-refractivity contribution in [2.75, 3.05) is 0 Å². The smallest absolute Gasteiger partial charge is 0.252 e. The zero-order valence-electron chi connectivity index (χ0n) is 11.9. The van der Waals surface area contributed by atoms with Crippen LogP contribution in [-0.4, -0.2) is 22.5 Å². The molecule has 0 unspecified atom stereocenters. The summed E-state index contributed by atoms with van der Waals surface area (Å²) in [5.74, 6) is -0.212. The van der Waals surface area contributed by atoms with Crippen molar-refractivity contribution < 1.29 is 10.0 Å². The van der Waals surface area contributed by atoms with Crippen LogP contribution < -0.4 is 11.1 Å². The molecule has 6 heteroatoms. The molecule has 0 saturated carbocycles. The number of halogens is 1. The molecule has 0 bridgehead atoms. The molecule has 110 valence electrons. The van der Waals surface area contributed by atoms with E-state index in [1.165, 1.54) is 0 Å². The highest BCUT2D eigenvalue weighted by Crippen LogP contribution is 2.19. The molecule has 0 aliphatic rings. The lowest BCUT2D eigenvalue weighted by Gasteiger charge is -2.31. The van der Waals surface area contributed by atoms with Gasteiger partial charge in [0.05, 0.1) is 0 Å². The van der Waals surface area contributed by atoms with Crippen LogP contribution >= 0.6 is 15.9 Å². The summed E-state index contributed by atoms with van der Waals surface area (Å²) in [7, 11) is 0. The Bertz CT molecular complexity index is 525. The number of carbonyl (C=O) groups is 1. The molecule has 0 heterocycles. The maximum atomic E-state index is 12.4. The predicted molar refractivity (Wildman–Crippen MR) is 83.1 cm³/mol. The number of amides is 1. The van der Waals surface area contributed by atoms with Gasteiger partial charge in [0.1, 0.15) is 5.54 Å². The van der Waals surface area contributed by atoms with Crippen LogP contribution in [0.5, 0.6) is 0 Å². The molecule has 4 N–H and O–H groups in total. The van der Waals surface area contributed by atoms with Gasteiger partial charge in [0.2, 0.25) is 0 Å². The highest BCUT2D eigenvalue weighted by atomic mass is 79.9. The zero-order valence-corrected chi connectivity index (χ0v) is 13.5. The first kappa shape index (κ1) is 16.5. The molecule has 1 aromatic rings. The lowest BCUT2D eigenvalue weighted by Crippen LogP contribution is -2.57. The highest BCUT2D eigenvalue weighted by Gasteiger charge is 2.33. The number of rotatable bonds is 5. The van der Waals surface area contributed by atoms with Crippen LogP contribution in [0.2, 0.25) is 0 Å². The normalized spacial score (nSPS) is 12.3. The van der Waals surface area contributed by atoms with Crippen molar-refractivity contribution in [3.05, 3.63) is 33.8 Å². The molecule has 0 spiro atoms. The van der Waals surface area contributed by atoms with Crippen LogP contribution in [0, 0.1) is 6.92 Å². The zero-order chi connectivity index (χ0) is 15.3. The lowest BCUT2D eigenvalue weighted by molar-refractivity contribution is 0.0917. The van der Waals surface area contributed by atoms with E-state index in [-0.39, 0.29) is 11.7 Å². The molecule has 0 atom stereocenters. The Balaban J connectivity index is 3.09. The van der Waals surface area contributed by atoms with E-state index in [1.54, 1.807) is 6.07 Å². The third-order valence-corrected chi connectivity index (χ3v) is 4.08. The van der Waals surface area contributed by atoms with Crippen LogP contribution in [0.25, 0.3) is 0 Å². The van der Waals surface area contributed by atoms with Crippen LogP contribution in [0.1, 0.15) is 42.6 Å². The van der Waals surface area contributed by atoms with Gasteiger partial charge in [0.25, 0.3) is 5.91 Å². The number of benzene rings is 1. The van der Waals surface area contributed by atoms with Crippen molar-refractivity contribution >= 4 is 27.7 Å². The second kappa shape index (κ2) is 6.74. The number of carbonyl (C=O) groups excluding carboxylic acids is 1. The van der Waals surface area contributed by atoms with E-state index in [0.717, 1.165) is 10.0 Å². The standard InChI is InChI=1S/C14H20BrN3O2/c1-4-14(5-2,13(16)18-20)17-12(19)11-7-6-10(15)8-9(11)3/h6-8,20H,4-5H2,1-3H3,(H2,16,18)(H,17,19). The molecule has 0 aliphatic carbocycles. The Kier molecular flexibility index (Phi) is 5.56. The topological polar surface area (TPSA) is 87.7 Å². The molecular weight excluding hydrogens is 322 g/mol. The Morgan fingerprint density at radius 3 is 2.50 bits per heavy atom. The molecule has 5 nitrogen and oxygen atoms in total. The third-order valence-electron chi connectivity index (χ3n) is 3.59. The van der Waals surface area contributed by atoms with Gasteiger partial charge in [-0.3, -0.25) is 4.79 Å². The summed E-state index contributed by atoms with van der Waals surface area (Å²) < 4.78 is 0.917. The van der Waals surface area contributed by atoms with E-state index in [9.17, 15) is 4.79 Å². The maximum Gasteiger partial charge on any atom is 0.252 e.